The lowest BCUT2D eigenvalue weighted by Gasteiger charge is -2.49. The largest absolute Gasteiger partial charge is 0.497 e. The topological polar surface area (TPSA) is 29.5 Å². The first-order chi connectivity index (χ1) is 12.3. The molecule has 1 aliphatic heterocycles. The molecule has 3 heteroatoms. The van der Waals surface area contributed by atoms with Crippen molar-refractivity contribution in [1.82, 2.24) is 0 Å². The van der Waals surface area contributed by atoms with Gasteiger partial charge in [-0.25, -0.2) is 0 Å². The molecule has 1 saturated carbocycles. The number of Topliss-reactive ketones (excluding diaryl/α,β-unsaturated/α-hetero) is 1. The number of carbonyl (C=O) groups excluding carboxylic acids is 1. The van der Waals surface area contributed by atoms with Crippen LogP contribution in [-0.2, 0) is 4.79 Å². The Bertz CT molecular complexity index is 725. The molecule has 0 amide bonds. The Labute approximate surface area is 149 Å². The third kappa shape index (κ3) is 3.04. The lowest BCUT2D eigenvalue weighted by molar-refractivity contribution is -0.126. The molecule has 2 fully saturated rings. The second-order valence-electron chi connectivity index (χ2n) is 7.16. The van der Waals surface area contributed by atoms with E-state index in [9.17, 15) is 4.79 Å². The highest BCUT2D eigenvalue weighted by molar-refractivity contribution is 5.85. The van der Waals surface area contributed by atoms with Crippen LogP contribution in [0.4, 0.5) is 5.69 Å². The van der Waals surface area contributed by atoms with Gasteiger partial charge in [-0.2, -0.15) is 0 Å². The molecule has 0 radical (unpaired) electrons. The fourth-order valence-corrected chi connectivity index (χ4v) is 4.57. The van der Waals surface area contributed by atoms with Gasteiger partial charge in [-0.05, 0) is 42.7 Å². The van der Waals surface area contributed by atoms with Crippen LogP contribution in [0.15, 0.2) is 54.6 Å². The minimum absolute atomic E-state index is 0.111. The number of methoxy groups -OCH3 is 1. The highest BCUT2D eigenvalue weighted by Gasteiger charge is 2.43. The second-order valence-corrected chi connectivity index (χ2v) is 7.16. The van der Waals surface area contributed by atoms with Crippen molar-refractivity contribution in [3.05, 3.63) is 60.2 Å². The van der Waals surface area contributed by atoms with Crippen LogP contribution < -0.4 is 9.64 Å². The van der Waals surface area contributed by atoms with Gasteiger partial charge in [-0.1, -0.05) is 43.2 Å². The first kappa shape index (κ1) is 16.2. The van der Waals surface area contributed by atoms with Crippen LogP contribution >= 0.6 is 0 Å². The Morgan fingerprint density at radius 1 is 0.960 bits per heavy atom. The summed E-state index contributed by atoms with van der Waals surface area (Å²) in [5.41, 5.74) is 2.43. The monoisotopic (exact) mass is 335 g/mol. The average Bonchev–Trinajstić information content (AvgIpc) is 2.69. The van der Waals surface area contributed by atoms with Gasteiger partial charge in [0.25, 0.3) is 0 Å². The van der Waals surface area contributed by atoms with Crippen LogP contribution in [-0.4, -0.2) is 18.9 Å². The summed E-state index contributed by atoms with van der Waals surface area (Å²) in [6, 6.07) is 19.2. The zero-order valence-electron chi connectivity index (χ0n) is 14.7. The van der Waals surface area contributed by atoms with Crippen LogP contribution in [0.25, 0.3) is 0 Å². The maximum absolute atomic E-state index is 12.9. The molecule has 0 N–H and O–H groups in total. The average molecular weight is 335 g/mol. The minimum Gasteiger partial charge on any atom is -0.497 e. The van der Waals surface area contributed by atoms with E-state index < -0.39 is 0 Å². The van der Waals surface area contributed by atoms with Gasteiger partial charge in [-0.3, -0.25) is 4.79 Å². The number of ketones is 1. The van der Waals surface area contributed by atoms with E-state index in [1.807, 2.05) is 12.1 Å². The first-order valence-electron chi connectivity index (χ1n) is 9.28. The van der Waals surface area contributed by atoms with Gasteiger partial charge >= 0.3 is 0 Å². The third-order valence-electron chi connectivity index (χ3n) is 5.79. The zero-order valence-corrected chi connectivity index (χ0v) is 14.7. The molecule has 25 heavy (non-hydrogen) atoms. The van der Waals surface area contributed by atoms with Crippen molar-refractivity contribution in [2.24, 2.45) is 5.92 Å². The molecule has 0 aromatic heterocycles. The maximum Gasteiger partial charge on any atom is 0.140 e. The van der Waals surface area contributed by atoms with Crippen molar-refractivity contribution in [2.45, 2.75) is 44.2 Å². The number of rotatable bonds is 3. The molecule has 3 atom stereocenters. The Hall–Kier alpha value is -2.29. The van der Waals surface area contributed by atoms with Crippen LogP contribution in [0.1, 0.15) is 43.7 Å². The summed E-state index contributed by atoms with van der Waals surface area (Å²) in [4.78, 5) is 15.4. The molecule has 4 rings (SSSR count). The van der Waals surface area contributed by atoms with E-state index in [1.54, 1.807) is 7.11 Å². The zero-order chi connectivity index (χ0) is 17.2. The summed E-state index contributed by atoms with van der Waals surface area (Å²) in [7, 11) is 1.68. The van der Waals surface area contributed by atoms with Gasteiger partial charge < -0.3 is 9.64 Å². The highest BCUT2D eigenvalue weighted by Crippen LogP contribution is 2.44. The van der Waals surface area contributed by atoms with E-state index >= 15 is 0 Å². The van der Waals surface area contributed by atoms with E-state index in [4.69, 9.17) is 4.74 Å². The van der Waals surface area contributed by atoms with Gasteiger partial charge in [0.1, 0.15) is 11.5 Å². The maximum atomic E-state index is 12.9. The molecule has 1 heterocycles. The van der Waals surface area contributed by atoms with E-state index in [0.717, 1.165) is 18.6 Å². The molecule has 2 aromatic carbocycles. The van der Waals surface area contributed by atoms with Crippen molar-refractivity contribution in [3.8, 4) is 5.75 Å². The minimum atomic E-state index is 0.111. The standard InChI is InChI=1S/C22H25NO2/c1-25-18-13-11-16(12-14-18)21-15-22(24)19-9-5-6-10-20(19)23(21)17-7-3-2-4-8-17/h2-4,7-8,11-14,19-21H,5-6,9-10,15H2,1H3/t19-,20-,21-/m1/s1. The van der Waals surface area contributed by atoms with Gasteiger partial charge in [0, 0.05) is 24.1 Å². The van der Waals surface area contributed by atoms with Gasteiger partial charge in [0.05, 0.1) is 13.2 Å². The molecule has 130 valence electrons. The predicted molar refractivity (Wildman–Crippen MR) is 100 cm³/mol. The third-order valence-corrected chi connectivity index (χ3v) is 5.79. The number of ether oxygens (including phenoxy) is 1. The van der Waals surface area contributed by atoms with Crippen molar-refractivity contribution < 1.29 is 9.53 Å². The molecular formula is C22H25NO2. The summed E-state index contributed by atoms with van der Waals surface area (Å²) >= 11 is 0. The molecule has 0 unspecified atom stereocenters. The van der Waals surface area contributed by atoms with Crippen molar-refractivity contribution in [1.29, 1.82) is 0 Å². The molecule has 1 saturated heterocycles. The molecule has 0 spiro atoms. The van der Waals surface area contributed by atoms with Crippen LogP contribution in [0, 0.1) is 5.92 Å². The van der Waals surface area contributed by atoms with Gasteiger partial charge in [0.15, 0.2) is 0 Å². The Morgan fingerprint density at radius 3 is 2.40 bits per heavy atom. The fourth-order valence-electron chi connectivity index (χ4n) is 4.57. The number of piperidine rings is 1. The summed E-state index contributed by atoms with van der Waals surface area (Å²) in [5.74, 6) is 1.49. The predicted octanol–water partition coefficient (Wildman–Crippen LogP) is 4.77. The molecule has 3 nitrogen and oxygen atoms in total. The number of fused-ring (bicyclic) bond motifs is 1. The number of carbonyl (C=O) groups is 1. The number of hydrogen-bond acceptors (Lipinski definition) is 3. The fraction of sp³-hybridized carbons (Fsp3) is 0.409. The number of nitrogens with zero attached hydrogens (tertiary/aromatic N) is 1. The Balaban J connectivity index is 1.75. The second kappa shape index (κ2) is 6.91. The van der Waals surface area contributed by atoms with Crippen molar-refractivity contribution in [3.63, 3.8) is 0 Å². The van der Waals surface area contributed by atoms with E-state index in [-0.39, 0.29) is 12.0 Å². The smallest absolute Gasteiger partial charge is 0.140 e. The summed E-state index contributed by atoms with van der Waals surface area (Å²) in [6.07, 6.45) is 5.15. The SMILES string of the molecule is COc1ccc([C@H]2CC(=O)[C@@H]3CCCC[C@H]3N2c2ccccc2)cc1. The molecular weight excluding hydrogens is 310 g/mol. The lowest BCUT2D eigenvalue weighted by Crippen LogP contribution is -2.52. The van der Waals surface area contributed by atoms with Gasteiger partial charge in [0.2, 0.25) is 0 Å². The molecule has 1 aliphatic carbocycles. The summed E-state index contributed by atoms with van der Waals surface area (Å²) in [5, 5.41) is 0. The van der Waals surface area contributed by atoms with Crippen molar-refractivity contribution >= 4 is 11.5 Å². The highest BCUT2D eigenvalue weighted by atomic mass is 16.5. The van der Waals surface area contributed by atoms with Crippen LogP contribution in [0.2, 0.25) is 0 Å². The molecule has 2 aliphatic rings. The van der Waals surface area contributed by atoms with E-state index in [0.29, 0.717) is 18.2 Å². The summed E-state index contributed by atoms with van der Waals surface area (Å²) < 4.78 is 5.29. The number of para-hydroxylation sites is 1. The molecule has 2 aromatic rings. The molecule has 0 bridgehead atoms. The van der Waals surface area contributed by atoms with E-state index in [2.05, 4.69) is 47.4 Å². The van der Waals surface area contributed by atoms with Gasteiger partial charge in [-0.15, -0.1) is 0 Å². The lowest BCUT2D eigenvalue weighted by atomic mass is 9.74. The van der Waals surface area contributed by atoms with E-state index in [1.165, 1.54) is 24.1 Å². The normalized spacial score (nSPS) is 26.2. The van der Waals surface area contributed by atoms with Crippen LogP contribution in [0.3, 0.4) is 0 Å². The van der Waals surface area contributed by atoms with Crippen LogP contribution in [0.5, 0.6) is 5.75 Å². The Kier molecular flexibility index (Phi) is 4.48. The Morgan fingerprint density at radius 2 is 1.68 bits per heavy atom. The van der Waals surface area contributed by atoms with Crippen molar-refractivity contribution in [2.75, 3.05) is 12.0 Å². The number of benzene rings is 2. The number of anilines is 1. The quantitative estimate of drug-likeness (QED) is 0.809. The number of hydrogen-bond donors (Lipinski definition) is 0. The summed E-state index contributed by atoms with van der Waals surface area (Å²) in [6.45, 7) is 0. The first-order valence-corrected chi connectivity index (χ1v) is 9.28.